The van der Waals surface area contributed by atoms with Crippen molar-refractivity contribution in [3.05, 3.63) is 31.8 Å². The van der Waals surface area contributed by atoms with Gasteiger partial charge in [0.1, 0.15) is 0 Å². The summed E-state index contributed by atoms with van der Waals surface area (Å²) in [4.78, 5) is 14.9. The second-order valence-corrected chi connectivity index (χ2v) is 7.26. The molecule has 0 aromatic heterocycles. The SMILES string of the molecule is CNCCC1CCCCN1C(=O)c1cc(I)ccc1Br. The molecule has 1 aliphatic heterocycles. The number of hydrogen-bond acceptors (Lipinski definition) is 2. The van der Waals surface area contributed by atoms with Gasteiger partial charge in [0, 0.05) is 20.6 Å². The summed E-state index contributed by atoms with van der Waals surface area (Å²) in [5.74, 6) is 0.163. The summed E-state index contributed by atoms with van der Waals surface area (Å²) < 4.78 is 1.98. The first-order valence-electron chi connectivity index (χ1n) is 7.04. The second-order valence-electron chi connectivity index (χ2n) is 5.16. The first-order valence-corrected chi connectivity index (χ1v) is 8.91. The molecule has 0 aliphatic carbocycles. The van der Waals surface area contributed by atoms with Crippen LogP contribution in [0.1, 0.15) is 36.0 Å². The van der Waals surface area contributed by atoms with E-state index in [9.17, 15) is 4.79 Å². The van der Waals surface area contributed by atoms with Crippen molar-refractivity contribution in [1.82, 2.24) is 10.2 Å². The molecule has 5 heteroatoms. The standard InChI is InChI=1S/C15H20BrIN2O/c1-18-8-7-12-4-2-3-9-19(12)15(20)13-10-11(17)5-6-14(13)16/h5-6,10,12,18H,2-4,7-9H2,1H3. The number of piperidine rings is 1. The van der Waals surface area contributed by atoms with E-state index in [0.29, 0.717) is 6.04 Å². The lowest BCUT2D eigenvalue weighted by atomic mass is 9.98. The number of nitrogens with zero attached hydrogens (tertiary/aromatic N) is 1. The van der Waals surface area contributed by atoms with Crippen LogP contribution in [0, 0.1) is 3.57 Å². The Labute approximate surface area is 142 Å². The van der Waals surface area contributed by atoms with Crippen molar-refractivity contribution >= 4 is 44.4 Å². The average Bonchev–Trinajstić information content (AvgIpc) is 2.47. The van der Waals surface area contributed by atoms with Crippen LogP contribution in [0.4, 0.5) is 0 Å². The van der Waals surface area contributed by atoms with Gasteiger partial charge in [-0.05, 0) is 96.0 Å². The maximum atomic E-state index is 12.8. The summed E-state index contributed by atoms with van der Waals surface area (Å²) in [6, 6.07) is 6.31. The van der Waals surface area contributed by atoms with Crippen molar-refractivity contribution in [1.29, 1.82) is 0 Å². The number of likely N-dealkylation sites (tertiary alicyclic amines) is 1. The lowest BCUT2D eigenvalue weighted by Crippen LogP contribution is -2.44. The van der Waals surface area contributed by atoms with Crippen LogP contribution in [0.2, 0.25) is 0 Å². The zero-order valence-electron chi connectivity index (χ0n) is 11.7. The van der Waals surface area contributed by atoms with Gasteiger partial charge in [0.2, 0.25) is 0 Å². The number of halogens is 2. The van der Waals surface area contributed by atoms with Gasteiger partial charge >= 0.3 is 0 Å². The molecular weight excluding hydrogens is 431 g/mol. The smallest absolute Gasteiger partial charge is 0.255 e. The van der Waals surface area contributed by atoms with Gasteiger partial charge < -0.3 is 10.2 Å². The predicted octanol–water partition coefficient (Wildman–Crippen LogP) is 3.66. The molecule has 2 rings (SSSR count). The summed E-state index contributed by atoms with van der Waals surface area (Å²) in [5, 5.41) is 3.19. The second kappa shape index (κ2) is 7.75. The van der Waals surface area contributed by atoms with Gasteiger partial charge in [0.15, 0.2) is 0 Å². The molecular formula is C15H20BrIN2O. The third-order valence-corrected chi connectivity index (χ3v) is 5.14. The number of amides is 1. The Morgan fingerprint density at radius 3 is 3.05 bits per heavy atom. The number of benzene rings is 1. The van der Waals surface area contributed by atoms with Crippen molar-refractivity contribution in [2.75, 3.05) is 20.1 Å². The van der Waals surface area contributed by atoms with Crippen molar-refractivity contribution in [2.24, 2.45) is 0 Å². The first-order chi connectivity index (χ1) is 9.63. The summed E-state index contributed by atoms with van der Waals surface area (Å²) in [7, 11) is 1.96. The highest BCUT2D eigenvalue weighted by Crippen LogP contribution is 2.26. The molecule has 110 valence electrons. The Morgan fingerprint density at radius 1 is 1.50 bits per heavy atom. The minimum absolute atomic E-state index is 0.163. The largest absolute Gasteiger partial charge is 0.336 e. The fraction of sp³-hybridized carbons (Fsp3) is 0.533. The van der Waals surface area contributed by atoms with Crippen LogP contribution in [0.25, 0.3) is 0 Å². The molecule has 1 aliphatic rings. The topological polar surface area (TPSA) is 32.3 Å². The molecule has 0 spiro atoms. The molecule has 1 aromatic rings. The Bertz CT molecular complexity index is 481. The number of nitrogens with one attached hydrogen (secondary N) is 1. The summed E-state index contributed by atoms with van der Waals surface area (Å²) in [6.07, 6.45) is 4.49. The zero-order chi connectivity index (χ0) is 14.5. The highest BCUT2D eigenvalue weighted by atomic mass is 127. The van der Waals surface area contributed by atoms with E-state index in [-0.39, 0.29) is 5.91 Å². The third kappa shape index (κ3) is 3.95. The molecule has 1 unspecified atom stereocenters. The molecule has 1 amide bonds. The van der Waals surface area contributed by atoms with E-state index in [1.807, 2.05) is 25.2 Å². The van der Waals surface area contributed by atoms with Crippen LogP contribution >= 0.6 is 38.5 Å². The minimum atomic E-state index is 0.163. The fourth-order valence-electron chi connectivity index (χ4n) is 2.70. The number of rotatable bonds is 4. The van der Waals surface area contributed by atoms with E-state index in [1.54, 1.807) is 0 Å². The molecule has 0 bridgehead atoms. The van der Waals surface area contributed by atoms with E-state index in [4.69, 9.17) is 0 Å². The van der Waals surface area contributed by atoms with Gasteiger partial charge in [-0.3, -0.25) is 4.79 Å². The maximum absolute atomic E-state index is 12.8. The first kappa shape index (κ1) is 16.2. The Balaban J connectivity index is 2.18. The van der Waals surface area contributed by atoms with E-state index in [1.165, 1.54) is 6.42 Å². The Hall–Kier alpha value is -0.140. The molecule has 0 radical (unpaired) electrons. The third-order valence-electron chi connectivity index (χ3n) is 3.77. The van der Waals surface area contributed by atoms with Gasteiger partial charge in [-0.25, -0.2) is 0 Å². The van der Waals surface area contributed by atoms with Crippen LogP contribution in [-0.2, 0) is 0 Å². The van der Waals surface area contributed by atoms with Crippen LogP contribution in [0.5, 0.6) is 0 Å². The van der Waals surface area contributed by atoms with Crippen LogP contribution in [0.15, 0.2) is 22.7 Å². The maximum Gasteiger partial charge on any atom is 0.255 e. The highest BCUT2D eigenvalue weighted by molar-refractivity contribution is 14.1. The molecule has 1 heterocycles. The quantitative estimate of drug-likeness (QED) is 0.710. The van der Waals surface area contributed by atoms with Gasteiger partial charge in [-0.2, -0.15) is 0 Å². The Kier molecular flexibility index (Phi) is 6.29. The molecule has 3 nitrogen and oxygen atoms in total. The van der Waals surface area contributed by atoms with E-state index in [0.717, 1.165) is 46.0 Å². The summed E-state index contributed by atoms with van der Waals surface area (Å²) in [6.45, 7) is 1.84. The number of hydrogen-bond donors (Lipinski definition) is 1. The van der Waals surface area contributed by atoms with Crippen LogP contribution in [0.3, 0.4) is 0 Å². The van der Waals surface area contributed by atoms with Gasteiger partial charge in [0.25, 0.3) is 5.91 Å². The summed E-state index contributed by atoms with van der Waals surface area (Å²) in [5.41, 5.74) is 0.785. The number of carbonyl (C=O) groups is 1. The summed E-state index contributed by atoms with van der Waals surface area (Å²) >= 11 is 5.76. The lowest BCUT2D eigenvalue weighted by Gasteiger charge is -2.36. The van der Waals surface area contributed by atoms with Gasteiger partial charge in [0.05, 0.1) is 5.56 Å². The monoisotopic (exact) mass is 450 g/mol. The molecule has 1 saturated heterocycles. The van der Waals surface area contributed by atoms with E-state index >= 15 is 0 Å². The average molecular weight is 451 g/mol. The van der Waals surface area contributed by atoms with Crippen molar-refractivity contribution < 1.29 is 4.79 Å². The van der Waals surface area contributed by atoms with Gasteiger partial charge in [-0.1, -0.05) is 0 Å². The zero-order valence-corrected chi connectivity index (χ0v) is 15.4. The molecule has 1 atom stereocenters. The molecule has 1 fully saturated rings. The van der Waals surface area contributed by atoms with Crippen LogP contribution < -0.4 is 5.32 Å². The lowest BCUT2D eigenvalue weighted by molar-refractivity contribution is 0.0601. The molecule has 1 aromatic carbocycles. The fourth-order valence-corrected chi connectivity index (χ4v) is 3.60. The molecule has 20 heavy (non-hydrogen) atoms. The van der Waals surface area contributed by atoms with Crippen molar-refractivity contribution in [2.45, 2.75) is 31.7 Å². The van der Waals surface area contributed by atoms with E-state index < -0.39 is 0 Å². The highest BCUT2D eigenvalue weighted by Gasteiger charge is 2.28. The van der Waals surface area contributed by atoms with Crippen LogP contribution in [-0.4, -0.2) is 37.0 Å². The predicted molar refractivity (Wildman–Crippen MR) is 94.1 cm³/mol. The van der Waals surface area contributed by atoms with Crippen molar-refractivity contribution in [3.8, 4) is 0 Å². The van der Waals surface area contributed by atoms with E-state index in [2.05, 4.69) is 48.7 Å². The molecule has 0 saturated carbocycles. The van der Waals surface area contributed by atoms with Gasteiger partial charge in [-0.15, -0.1) is 0 Å². The normalized spacial score (nSPS) is 19.1. The minimum Gasteiger partial charge on any atom is -0.336 e. The molecule has 1 N–H and O–H groups in total. The number of carbonyl (C=O) groups excluding carboxylic acids is 1. The Morgan fingerprint density at radius 2 is 2.30 bits per heavy atom. The van der Waals surface area contributed by atoms with Crippen molar-refractivity contribution in [3.63, 3.8) is 0 Å².